The molecule has 0 spiro atoms. The molecule has 5 nitrogen and oxygen atoms in total. The van der Waals surface area contributed by atoms with E-state index in [9.17, 15) is 14.0 Å². The number of carbonyl (C=O) groups is 2. The van der Waals surface area contributed by atoms with Crippen molar-refractivity contribution in [2.24, 2.45) is 0 Å². The Morgan fingerprint density at radius 3 is 2.46 bits per heavy atom. The Kier molecular flexibility index (Phi) is 4.66. The zero-order valence-electron chi connectivity index (χ0n) is 12.6. The van der Waals surface area contributed by atoms with E-state index in [0.717, 1.165) is 0 Å². The maximum Gasteiger partial charge on any atom is 0.319 e. The number of carbonyl (C=O) groups excluding carboxylic acids is 2. The molecule has 2 aromatic rings. The minimum atomic E-state index is -0.393. The zero-order chi connectivity index (χ0) is 17.1. The number of amides is 3. The molecule has 0 aliphatic carbocycles. The summed E-state index contributed by atoms with van der Waals surface area (Å²) in [4.78, 5) is 25.6. The van der Waals surface area contributed by atoms with Crippen LogP contribution >= 0.6 is 11.6 Å². The lowest BCUT2D eigenvalue weighted by Crippen LogP contribution is -2.39. The Hall–Kier alpha value is -2.60. The lowest BCUT2D eigenvalue weighted by Gasteiger charge is -2.17. The van der Waals surface area contributed by atoms with E-state index < -0.39 is 6.03 Å². The smallest absolute Gasteiger partial charge is 0.319 e. The molecule has 1 heterocycles. The highest BCUT2D eigenvalue weighted by molar-refractivity contribution is 6.30. The molecule has 0 radical (unpaired) electrons. The molecule has 1 saturated heterocycles. The van der Waals surface area contributed by atoms with E-state index in [1.807, 2.05) is 0 Å². The van der Waals surface area contributed by atoms with E-state index in [0.29, 0.717) is 22.9 Å². The summed E-state index contributed by atoms with van der Waals surface area (Å²) in [6.45, 7) is 0.346. The lowest BCUT2D eigenvalue weighted by molar-refractivity contribution is -0.117. The Morgan fingerprint density at radius 2 is 1.79 bits per heavy atom. The Morgan fingerprint density at radius 1 is 1.12 bits per heavy atom. The first kappa shape index (κ1) is 16.3. The van der Waals surface area contributed by atoms with E-state index >= 15 is 0 Å². The monoisotopic (exact) mass is 347 g/mol. The zero-order valence-corrected chi connectivity index (χ0v) is 13.4. The molecular weight excluding hydrogens is 333 g/mol. The molecule has 1 atom stereocenters. The Balaban J connectivity index is 1.58. The number of hydrogen-bond donors (Lipinski definition) is 2. The molecule has 1 aliphatic rings. The molecule has 124 valence electrons. The summed E-state index contributed by atoms with van der Waals surface area (Å²) in [6, 6.07) is 11.7. The predicted octanol–water partition coefficient (Wildman–Crippen LogP) is 3.41. The van der Waals surface area contributed by atoms with E-state index in [1.54, 1.807) is 36.4 Å². The van der Waals surface area contributed by atoms with Gasteiger partial charge in [-0.1, -0.05) is 11.6 Å². The van der Waals surface area contributed by atoms with Crippen molar-refractivity contribution in [3.8, 4) is 0 Å². The summed E-state index contributed by atoms with van der Waals surface area (Å²) >= 11 is 5.79. The number of hydrogen-bond acceptors (Lipinski definition) is 2. The molecule has 3 amide bonds. The highest BCUT2D eigenvalue weighted by atomic mass is 35.5. The molecule has 3 rings (SSSR count). The molecule has 1 fully saturated rings. The van der Waals surface area contributed by atoms with E-state index in [1.165, 1.54) is 17.0 Å². The van der Waals surface area contributed by atoms with Crippen molar-refractivity contribution < 1.29 is 14.0 Å². The standard InChI is InChI=1S/C17H15ClFN3O2/c18-11-1-5-13(6-2-11)20-17(24)21-14-9-16(23)22(10-14)15-7-3-12(19)4-8-15/h1-8,14H,9-10H2,(H2,20,21,24)/t14-/m1/s1. The van der Waals surface area contributed by atoms with Gasteiger partial charge in [-0.3, -0.25) is 4.79 Å². The predicted molar refractivity (Wildman–Crippen MR) is 90.8 cm³/mol. The fourth-order valence-corrected chi connectivity index (χ4v) is 2.69. The number of nitrogens with zero attached hydrogens (tertiary/aromatic N) is 1. The highest BCUT2D eigenvalue weighted by Gasteiger charge is 2.31. The van der Waals surface area contributed by atoms with Gasteiger partial charge in [0.15, 0.2) is 0 Å². The van der Waals surface area contributed by atoms with E-state index in [4.69, 9.17) is 11.6 Å². The number of benzene rings is 2. The van der Waals surface area contributed by atoms with Crippen LogP contribution in [0.1, 0.15) is 6.42 Å². The maximum absolute atomic E-state index is 13.0. The highest BCUT2D eigenvalue weighted by Crippen LogP contribution is 2.22. The van der Waals surface area contributed by atoms with Crippen LogP contribution in [-0.2, 0) is 4.79 Å². The molecule has 0 saturated carbocycles. The fraction of sp³-hybridized carbons (Fsp3) is 0.176. The van der Waals surface area contributed by atoms with Crippen molar-refractivity contribution in [3.05, 3.63) is 59.4 Å². The summed E-state index contributed by atoms with van der Waals surface area (Å²) < 4.78 is 13.0. The quantitative estimate of drug-likeness (QED) is 0.893. The first-order valence-electron chi connectivity index (χ1n) is 7.40. The summed E-state index contributed by atoms with van der Waals surface area (Å²) in [5.41, 5.74) is 1.22. The average Bonchev–Trinajstić information content (AvgIpc) is 2.90. The number of halogens is 2. The number of nitrogens with one attached hydrogen (secondary N) is 2. The van der Waals surface area contributed by atoms with E-state index in [2.05, 4.69) is 10.6 Å². The van der Waals surface area contributed by atoms with Gasteiger partial charge in [-0.15, -0.1) is 0 Å². The van der Waals surface area contributed by atoms with Crippen LogP contribution in [0.2, 0.25) is 5.02 Å². The van der Waals surface area contributed by atoms with Crippen molar-refractivity contribution in [3.63, 3.8) is 0 Å². The number of rotatable bonds is 3. The number of urea groups is 1. The molecule has 24 heavy (non-hydrogen) atoms. The van der Waals surface area contributed by atoms with E-state index in [-0.39, 0.29) is 24.2 Å². The second kappa shape index (κ2) is 6.88. The second-order valence-electron chi connectivity index (χ2n) is 5.49. The van der Waals surface area contributed by atoms with Crippen LogP contribution in [0, 0.1) is 5.82 Å². The van der Waals surface area contributed by atoms with Crippen molar-refractivity contribution in [1.29, 1.82) is 0 Å². The molecule has 0 aromatic heterocycles. The first-order valence-corrected chi connectivity index (χ1v) is 7.78. The number of anilines is 2. The van der Waals surface area contributed by atoms with Crippen LogP contribution in [0.25, 0.3) is 0 Å². The van der Waals surface area contributed by atoms with Crippen molar-refractivity contribution in [2.75, 3.05) is 16.8 Å². The fourth-order valence-electron chi connectivity index (χ4n) is 2.56. The van der Waals surface area contributed by atoms with Gasteiger partial charge in [0.1, 0.15) is 5.82 Å². The van der Waals surface area contributed by atoms with Gasteiger partial charge in [-0.25, -0.2) is 9.18 Å². The summed E-state index contributed by atoms with van der Waals surface area (Å²) in [5, 5.41) is 6.03. The van der Waals surface area contributed by atoms with Gasteiger partial charge < -0.3 is 15.5 Å². The molecule has 0 bridgehead atoms. The summed E-state index contributed by atoms with van der Waals surface area (Å²) in [7, 11) is 0. The molecule has 0 unspecified atom stereocenters. The lowest BCUT2D eigenvalue weighted by atomic mass is 10.2. The third kappa shape index (κ3) is 3.83. The molecule has 1 aliphatic heterocycles. The van der Waals surface area contributed by atoms with Crippen LogP contribution in [0.3, 0.4) is 0 Å². The third-order valence-electron chi connectivity index (χ3n) is 3.70. The molecule has 2 aromatic carbocycles. The van der Waals surface area contributed by atoms with Crippen molar-refractivity contribution >= 4 is 34.9 Å². The first-order chi connectivity index (χ1) is 11.5. The normalized spacial score (nSPS) is 17.0. The van der Waals surface area contributed by atoms with Crippen LogP contribution in [-0.4, -0.2) is 24.5 Å². The summed E-state index contributed by atoms with van der Waals surface area (Å²) in [6.07, 6.45) is 0.200. The summed E-state index contributed by atoms with van der Waals surface area (Å²) in [5.74, 6) is -0.471. The van der Waals surface area contributed by atoms with Crippen molar-refractivity contribution in [1.82, 2.24) is 5.32 Å². The average molecular weight is 348 g/mol. The topological polar surface area (TPSA) is 61.4 Å². The van der Waals surface area contributed by atoms with Gasteiger partial charge in [-0.05, 0) is 48.5 Å². The van der Waals surface area contributed by atoms with Crippen molar-refractivity contribution in [2.45, 2.75) is 12.5 Å². The minimum absolute atomic E-state index is 0.113. The van der Waals surface area contributed by atoms with Crippen LogP contribution in [0.15, 0.2) is 48.5 Å². The second-order valence-corrected chi connectivity index (χ2v) is 5.92. The van der Waals surface area contributed by atoms with Gasteiger partial charge in [0.2, 0.25) is 5.91 Å². The van der Waals surface area contributed by atoms with Crippen LogP contribution < -0.4 is 15.5 Å². The third-order valence-corrected chi connectivity index (χ3v) is 3.95. The Bertz CT molecular complexity index is 749. The van der Waals surface area contributed by atoms with Gasteiger partial charge in [0.25, 0.3) is 0 Å². The maximum atomic E-state index is 13.0. The van der Waals surface area contributed by atoms with Gasteiger partial charge in [0.05, 0.1) is 6.04 Å². The Labute approximate surface area is 143 Å². The molecule has 7 heteroatoms. The van der Waals surface area contributed by atoms with Gasteiger partial charge >= 0.3 is 6.03 Å². The van der Waals surface area contributed by atoms with Crippen LogP contribution in [0.4, 0.5) is 20.6 Å². The minimum Gasteiger partial charge on any atom is -0.333 e. The van der Waals surface area contributed by atoms with Gasteiger partial charge in [-0.2, -0.15) is 0 Å². The molecule has 2 N–H and O–H groups in total. The van der Waals surface area contributed by atoms with Gasteiger partial charge in [0, 0.05) is 29.4 Å². The van der Waals surface area contributed by atoms with Crippen LogP contribution in [0.5, 0.6) is 0 Å². The molecular formula is C17H15ClFN3O2. The SMILES string of the molecule is O=C(Nc1ccc(Cl)cc1)N[C@@H]1CC(=O)N(c2ccc(F)cc2)C1. The largest absolute Gasteiger partial charge is 0.333 e.